The number of hydrogen-bond acceptors (Lipinski definition) is 5. The van der Waals surface area contributed by atoms with Crippen LogP contribution in [0.1, 0.15) is 21.5 Å². The first-order valence-electron chi connectivity index (χ1n) is 9.58. The summed E-state index contributed by atoms with van der Waals surface area (Å²) in [5.41, 5.74) is 3.07. The highest BCUT2D eigenvalue weighted by atomic mass is 35.5. The van der Waals surface area contributed by atoms with Crippen molar-refractivity contribution in [1.82, 2.24) is 10.2 Å². The van der Waals surface area contributed by atoms with Crippen LogP contribution in [0.4, 0.5) is 11.4 Å². The van der Waals surface area contributed by atoms with Gasteiger partial charge in [0.15, 0.2) is 0 Å². The number of benzene rings is 2. The Hall–Kier alpha value is -3.13. The lowest BCUT2D eigenvalue weighted by Gasteiger charge is -2.35. The number of nitrogens with zero attached hydrogens (tertiary/aromatic N) is 3. The average molecular weight is 431 g/mol. The molecule has 0 unspecified atom stereocenters. The van der Waals surface area contributed by atoms with Crippen molar-refractivity contribution in [1.29, 1.82) is 0 Å². The fourth-order valence-corrected chi connectivity index (χ4v) is 3.53. The van der Waals surface area contributed by atoms with Crippen LogP contribution in [0.3, 0.4) is 0 Å². The number of aryl methyl sites for hydroxylation is 2. The SMILES string of the molecule is Cc1ccc(C(=O)NCC(=O)N2CCN(c3ccc(Cl)cc3[N+](=O)[O-])CC2)cc1C. The first-order chi connectivity index (χ1) is 14.3. The highest BCUT2D eigenvalue weighted by Gasteiger charge is 2.26. The Morgan fingerprint density at radius 3 is 2.40 bits per heavy atom. The summed E-state index contributed by atoms with van der Waals surface area (Å²) >= 11 is 5.88. The third-order valence-corrected chi connectivity index (χ3v) is 5.51. The molecule has 2 aromatic carbocycles. The van der Waals surface area contributed by atoms with E-state index in [1.165, 1.54) is 6.07 Å². The quantitative estimate of drug-likeness (QED) is 0.581. The third kappa shape index (κ3) is 4.88. The Labute approximate surface area is 179 Å². The molecule has 0 radical (unpaired) electrons. The van der Waals surface area contributed by atoms with E-state index in [-0.39, 0.29) is 24.0 Å². The number of anilines is 1. The van der Waals surface area contributed by atoms with Crippen molar-refractivity contribution in [2.75, 3.05) is 37.6 Å². The third-order valence-electron chi connectivity index (χ3n) is 5.28. The largest absolute Gasteiger partial charge is 0.362 e. The maximum atomic E-state index is 12.5. The van der Waals surface area contributed by atoms with Gasteiger partial charge in [0.25, 0.3) is 11.6 Å². The topological polar surface area (TPSA) is 95.8 Å². The highest BCUT2D eigenvalue weighted by Crippen LogP contribution is 2.31. The molecule has 158 valence electrons. The van der Waals surface area contributed by atoms with Crippen molar-refractivity contribution < 1.29 is 14.5 Å². The molecule has 1 fully saturated rings. The van der Waals surface area contributed by atoms with Gasteiger partial charge in [-0.3, -0.25) is 19.7 Å². The molecule has 1 saturated heterocycles. The number of nitrogens with one attached hydrogen (secondary N) is 1. The molecule has 1 heterocycles. The standard InChI is InChI=1S/C21H23ClN4O4/c1-14-3-4-16(11-15(14)2)21(28)23-13-20(27)25-9-7-24(8-10-25)18-6-5-17(22)12-19(18)26(29)30/h3-6,11-12H,7-10,13H2,1-2H3,(H,23,28). The van der Waals surface area contributed by atoms with Gasteiger partial charge in [-0.1, -0.05) is 17.7 Å². The van der Waals surface area contributed by atoms with Crippen LogP contribution in [-0.4, -0.2) is 54.4 Å². The Bertz CT molecular complexity index is 987. The number of hydrogen-bond donors (Lipinski definition) is 1. The van der Waals surface area contributed by atoms with E-state index in [2.05, 4.69) is 5.32 Å². The van der Waals surface area contributed by atoms with E-state index in [4.69, 9.17) is 11.6 Å². The Morgan fingerprint density at radius 2 is 1.77 bits per heavy atom. The van der Waals surface area contributed by atoms with Crippen molar-refractivity contribution in [2.45, 2.75) is 13.8 Å². The molecule has 0 aliphatic carbocycles. The summed E-state index contributed by atoms with van der Waals surface area (Å²) in [5.74, 6) is -0.473. The molecule has 0 spiro atoms. The number of carbonyl (C=O) groups excluding carboxylic acids is 2. The van der Waals surface area contributed by atoms with Gasteiger partial charge in [-0.2, -0.15) is 0 Å². The van der Waals surface area contributed by atoms with Gasteiger partial charge in [0, 0.05) is 42.8 Å². The molecule has 8 nitrogen and oxygen atoms in total. The average Bonchev–Trinajstić information content (AvgIpc) is 2.73. The molecule has 30 heavy (non-hydrogen) atoms. The van der Waals surface area contributed by atoms with Gasteiger partial charge >= 0.3 is 0 Å². The van der Waals surface area contributed by atoms with Crippen LogP contribution in [0, 0.1) is 24.0 Å². The lowest BCUT2D eigenvalue weighted by molar-refractivity contribution is -0.384. The summed E-state index contributed by atoms with van der Waals surface area (Å²) in [6.07, 6.45) is 0. The van der Waals surface area contributed by atoms with Crippen molar-refractivity contribution >= 4 is 34.8 Å². The van der Waals surface area contributed by atoms with E-state index in [0.717, 1.165) is 11.1 Å². The maximum absolute atomic E-state index is 12.5. The van der Waals surface area contributed by atoms with E-state index >= 15 is 0 Å². The molecule has 1 N–H and O–H groups in total. The van der Waals surface area contributed by atoms with E-state index in [1.54, 1.807) is 29.2 Å². The van der Waals surface area contributed by atoms with Gasteiger partial charge in [-0.05, 0) is 49.2 Å². The number of piperazine rings is 1. The maximum Gasteiger partial charge on any atom is 0.294 e. The van der Waals surface area contributed by atoms with Gasteiger partial charge in [0.05, 0.1) is 11.5 Å². The summed E-state index contributed by atoms with van der Waals surface area (Å²) in [6, 6.07) is 9.98. The van der Waals surface area contributed by atoms with Crippen LogP contribution in [-0.2, 0) is 4.79 Å². The van der Waals surface area contributed by atoms with Crippen molar-refractivity contribution in [3.8, 4) is 0 Å². The van der Waals surface area contributed by atoms with Crippen LogP contribution < -0.4 is 10.2 Å². The summed E-state index contributed by atoms with van der Waals surface area (Å²) in [4.78, 5) is 39.2. The molecule has 9 heteroatoms. The second-order valence-corrected chi connectivity index (χ2v) is 7.68. The van der Waals surface area contributed by atoms with Crippen molar-refractivity contribution in [2.24, 2.45) is 0 Å². The predicted molar refractivity (Wildman–Crippen MR) is 115 cm³/mol. The second-order valence-electron chi connectivity index (χ2n) is 7.24. The summed E-state index contributed by atoms with van der Waals surface area (Å²) in [6.45, 7) is 5.56. The number of nitro groups is 1. The normalized spacial score (nSPS) is 13.8. The van der Waals surface area contributed by atoms with E-state index < -0.39 is 4.92 Å². The van der Waals surface area contributed by atoms with Crippen LogP contribution in [0.15, 0.2) is 36.4 Å². The number of nitro benzene ring substituents is 1. The summed E-state index contributed by atoms with van der Waals surface area (Å²) in [7, 11) is 0. The van der Waals surface area contributed by atoms with Crippen LogP contribution >= 0.6 is 11.6 Å². The highest BCUT2D eigenvalue weighted by molar-refractivity contribution is 6.30. The monoisotopic (exact) mass is 430 g/mol. The first-order valence-corrected chi connectivity index (χ1v) is 9.96. The molecule has 1 aliphatic rings. The molecule has 0 bridgehead atoms. The predicted octanol–water partition coefficient (Wildman–Crippen LogP) is 2.94. The second kappa shape index (κ2) is 9.13. The zero-order valence-corrected chi connectivity index (χ0v) is 17.6. The minimum atomic E-state index is -0.457. The molecule has 0 saturated carbocycles. The lowest BCUT2D eigenvalue weighted by atomic mass is 10.1. The van der Waals surface area contributed by atoms with E-state index in [1.807, 2.05) is 24.8 Å². The van der Waals surface area contributed by atoms with Gasteiger partial charge in [-0.15, -0.1) is 0 Å². The zero-order chi connectivity index (χ0) is 21.8. The molecule has 0 atom stereocenters. The number of carbonyl (C=O) groups is 2. The Kier molecular flexibility index (Phi) is 6.56. The molecule has 2 amide bonds. The molecule has 3 rings (SSSR count). The van der Waals surface area contributed by atoms with Crippen LogP contribution in [0.5, 0.6) is 0 Å². The molecule has 1 aliphatic heterocycles. The first kappa shape index (κ1) is 21.6. The molecular weight excluding hydrogens is 408 g/mol. The number of rotatable bonds is 5. The molecule has 0 aromatic heterocycles. The zero-order valence-electron chi connectivity index (χ0n) is 16.9. The van der Waals surface area contributed by atoms with Gasteiger partial charge in [0.2, 0.25) is 5.91 Å². The van der Waals surface area contributed by atoms with Crippen LogP contribution in [0.25, 0.3) is 0 Å². The smallest absolute Gasteiger partial charge is 0.294 e. The van der Waals surface area contributed by atoms with Gasteiger partial charge < -0.3 is 15.1 Å². The van der Waals surface area contributed by atoms with Crippen molar-refractivity contribution in [3.05, 3.63) is 68.2 Å². The van der Waals surface area contributed by atoms with Gasteiger partial charge in [0.1, 0.15) is 5.69 Å². The van der Waals surface area contributed by atoms with E-state index in [9.17, 15) is 19.7 Å². The number of amides is 2. The minimum Gasteiger partial charge on any atom is -0.362 e. The minimum absolute atomic E-state index is 0.0528. The Morgan fingerprint density at radius 1 is 1.07 bits per heavy atom. The molecule has 2 aromatic rings. The Balaban J connectivity index is 1.55. The fraction of sp³-hybridized carbons (Fsp3) is 0.333. The van der Waals surface area contributed by atoms with Gasteiger partial charge in [-0.25, -0.2) is 0 Å². The fourth-order valence-electron chi connectivity index (χ4n) is 3.36. The summed E-state index contributed by atoms with van der Waals surface area (Å²) in [5, 5.41) is 14.3. The van der Waals surface area contributed by atoms with E-state index in [0.29, 0.717) is 42.5 Å². The van der Waals surface area contributed by atoms with Crippen LogP contribution in [0.2, 0.25) is 5.02 Å². The number of halogens is 1. The van der Waals surface area contributed by atoms with Crippen molar-refractivity contribution in [3.63, 3.8) is 0 Å². The summed E-state index contributed by atoms with van der Waals surface area (Å²) < 4.78 is 0. The molecular formula is C21H23ClN4O4. The lowest BCUT2D eigenvalue weighted by Crippen LogP contribution is -2.51.